The zero-order valence-electron chi connectivity index (χ0n) is 9.82. The van der Waals surface area contributed by atoms with Crippen LogP contribution in [0.5, 0.6) is 5.75 Å². The molecule has 0 saturated heterocycles. The van der Waals surface area contributed by atoms with Crippen molar-refractivity contribution in [2.45, 2.75) is 13.0 Å². The lowest BCUT2D eigenvalue weighted by Gasteiger charge is -2.16. The summed E-state index contributed by atoms with van der Waals surface area (Å²) in [5, 5.41) is 3.22. The van der Waals surface area contributed by atoms with Crippen molar-refractivity contribution in [2.75, 3.05) is 30.2 Å². The Hall–Kier alpha value is -1.23. The molecule has 0 aliphatic carbocycles. The smallest absolute Gasteiger partial charge is 0.121 e. The number of hydrogen-bond acceptors (Lipinski definition) is 4. The maximum atomic E-state index is 11.0. The molecule has 0 fully saturated rings. The zero-order chi connectivity index (χ0) is 12.1. The molecule has 0 heterocycles. The molecule has 0 saturated carbocycles. The summed E-state index contributed by atoms with van der Waals surface area (Å²) in [5.74, 6) is 1.33. The number of ether oxygens (including phenoxy) is 1. The number of methoxy groups -OCH3 is 1. The van der Waals surface area contributed by atoms with Crippen LogP contribution in [0.1, 0.15) is 6.92 Å². The summed E-state index contributed by atoms with van der Waals surface area (Å²) in [6, 6.07) is 5.59. The Morgan fingerprint density at radius 3 is 2.75 bits per heavy atom. The second kappa shape index (κ2) is 5.75. The van der Waals surface area contributed by atoms with Crippen LogP contribution in [0.3, 0.4) is 0 Å². The average molecular weight is 242 g/mol. The normalized spacial score (nSPS) is 14.2. The maximum absolute atomic E-state index is 11.0. The molecule has 2 atom stereocenters. The molecule has 0 aliphatic heterocycles. The SMILES string of the molecule is COc1ccc(NC(C)CS(C)=O)c(N)c1. The molecule has 0 aromatic heterocycles. The highest BCUT2D eigenvalue weighted by Gasteiger charge is 2.07. The van der Waals surface area contributed by atoms with Gasteiger partial charge in [-0.1, -0.05) is 0 Å². The third-order valence-corrected chi connectivity index (χ3v) is 3.11. The van der Waals surface area contributed by atoms with Gasteiger partial charge in [-0.05, 0) is 19.1 Å². The monoisotopic (exact) mass is 242 g/mol. The van der Waals surface area contributed by atoms with Gasteiger partial charge in [0, 0.05) is 34.9 Å². The van der Waals surface area contributed by atoms with Gasteiger partial charge in [-0.2, -0.15) is 0 Å². The minimum atomic E-state index is -0.810. The number of benzene rings is 1. The van der Waals surface area contributed by atoms with E-state index in [1.54, 1.807) is 19.4 Å². The topological polar surface area (TPSA) is 64.3 Å². The van der Waals surface area contributed by atoms with Gasteiger partial charge < -0.3 is 15.8 Å². The summed E-state index contributed by atoms with van der Waals surface area (Å²) >= 11 is 0. The van der Waals surface area contributed by atoms with Crippen molar-refractivity contribution in [3.05, 3.63) is 18.2 Å². The number of hydrogen-bond donors (Lipinski definition) is 2. The van der Waals surface area contributed by atoms with E-state index >= 15 is 0 Å². The van der Waals surface area contributed by atoms with Crippen molar-refractivity contribution >= 4 is 22.2 Å². The lowest BCUT2D eigenvalue weighted by Crippen LogP contribution is -2.22. The summed E-state index contributed by atoms with van der Waals surface area (Å²) in [5.41, 5.74) is 7.34. The molecule has 0 spiro atoms. The molecule has 0 bridgehead atoms. The van der Waals surface area contributed by atoms with Crippen LogP contribution < -0.4 is 15.8 Å². The first-order valence-corrected chi connectivity index (χ1v) is 6.75. The lowest BCUT2D eigenvalue weighted by molar-refractivity contribution is 0.415. The Balaban J connectivity index is 2.70. The van der Waals surface area contributed by atoms with Crippen molar-refractivity contribution in [3.63, 3.8) is 0 Å². The standard InChI is InChI=1S/C11H18N2O2S/c1-8(7-16(3)14)13-11-5-4-9(15-2)6-10(11)12/h4-6,8,13H,7,12H2,1-3H3. The molecule has 90 valence electrons. The highest BCUT2D eigenvalue weighted by atomic mass is 32.2. The van der Waals surface area contributed by atoms with Gasteiger partial charge in [0.2, 0.25) is 0 Å². The average Bonchev–Trinajstić information content (AvgIpc) is 2.19. The van der Waals surface area contributed by atoms with Crippen LogP contribution in [0.15, 0.2) is 18.2 Å². The summed E-state index contributed by atoms with van der Waals surface area (Å²) in [7, 11) is 0.792. The zero-order valence-corrected chi connectivity index (χ0v) is 10.6. The maximum Gasteiger partial charge on any atom is 0.121 e. The second-order valence-electron chi connectivity index (χ2n) is 3.74. The molecule has 1 aromatic rings. The lowest BCUT2D eigenvalue weighted by atomic mass is 10.2. The minimum absolute atomic E-state index is 0.126. The van der Waals surface area contributed by atoms with Crippen molar-refractivity contribution < 1.29 is 8.95 Å². The number of nitrogen functional groups attached to an aromatic ring is 1. The number of rotatable bonds is 5. The van der Waals surface area contributed by atoms with E-state index in [0.717, 1.165) is 11.4 Å². The Bertz CT molecular complexity index is 382. The summed E-state index contributed by atoms with van der Waals surface area (Å²) in [4.78, 5) is 0. The van der Waals surface area contributed by atoms with Crippen molar-refractivity contribution in [1.82, 2.24) is 0 Å². The van der Waals surface area contributed by atoms with E-state index in [1.807, 2.05) is 19.1 Å². The summed E-state index contributed by atoms with van der Waals surface area (Å²) < 4.78 is 16.1. The van der Waals surface area contributed by atoms with Crippen LogP contribution >= 0.6 is 0 Å². The van der Waals surface area contributed by atoms with Gasteiger partial charge in [0.1, 0.15) is 5.75 Å². The Labute approximate surface area is 98.6 Å². The largest absolute Gasteiger partial charge is 0.497 e. The molecule has 0 radical (unpaired) electrons. The molecule has 1 aromatic carbocycles. The van der Waals surface area contributed by atoms with E-state index in [2.05, 4.69) is 5.32 Å². The van der Waals surface area contributed by atoms with Crippen LogP contribution in [-0.2, 0) is 10.8 Å². The van der Waals surface area contributed by atoms with Crippen LogP contribution in [0, 0.1) is 0 Å². The molecule has 0 amide bonds. The molecular formula is C11H18N2O2S. The Morgan fingerprint density at radius 1 is 1.56 bits per heavy atom. The third-order valence-electron chi connectivity index (χ3n) is 2.15. The van der Waals surface area contributed by atoms with E-state index in [4.69, 9.17) is 10.5 Å². The molecule has 16 heavy (non-hydrogen) atoms. The highest BCUT2D eigenvalue weighted by Crippen LogP contribution is 2.24. The van der Waals surface area contributed by atoms with Gasteiger partial charge in [-0.3, -0.25) is 4.21 Å². The van der Waals surface area contributed by atoms with Gasteiger partial charge in [-0.15, -0.1) is 0 Å². The first-order chi connectivity index (χ1) is 7.52. The van der Waals surface area contributed by atoms with Gasteiger partial charge in [0.25, 0.3) is 0 Å². The second-order valence-corrected chi connectivity index (χ2v) is 5.22. The molecule has 4 nitrogen and oxygen atoms in total. The molecule has 1 rings (SSSR count). The fourth-order valence-electron chi connectivity index (χ4n) is 1.46. The van der Waals surface area contributed by atoms with Gasteiger partial charge in [0.05, 0.1) is 18.5 Å². The minimum Gasteiger partial charge on any atom is -0.497 e. The first-order valence-electron chi connectivity index (χ1n) is 5.03. The van der Waals surface area contributed by atoms with E-state index in [0.29, 0.717) is 11.4 Å². The number of anilines is 2. The third kappa shape index (κ3) is 3.73. The van der Waals surface area contributed by atoms with Crippen LogP contribution in [0.2, 0.25) is 0 Å². The predicted molar refractivity (Wildman–Crippen MR) is 69.4 cm³/mol. The van der Waals surface area contributed by atoms with Crippen LogP contribution in [0.4, 0.5) is 11.4 Å². The van der Waals surface area contributed by atoms with Crippen molar-refractivity contribution in [2.24, 2.45) is 0 Å². The number of nitrogens with one attached hydrogen (secondary N) is 1. The molecular weight excluding hydrogens is 224 g/mol. The van der Waals surface area contributed by atoms with Gasteiger partial charge >= 0.3 is 0 Å². The van der Waals surface area contributed by atoms with E-state index in [-0.39, 0.29) is 6.04 Å². The van der Waals surface area contributed by atoms with E-state index in [1.165, 1.54) is 0 Å². The fraction of sp³-hybridized carbons (Fsp3) is 0.455. The Kier molecular flexibility index (Phi) is 4.61. The summed E-state index contributed by atoms with van der Waals surface area (Å²) in [6.07, 6.45) is 1.69. The van der Waals surface area contributed by atoms with Crippen LogP contribution in [0.25, 0.3) is 0 Å². The predicted octanol–water partition coefficient (Wildman–Crippen LogP) is 1.46. The summed E-state index contributed by atoms with van der Waals surface area (Å²) in [6.45, 7) is 1.98. The van der Waals surface area contributed by atoms with Gasteiger partial charge in [0.15, 0.2) is 0 Å². The first kappa shape index (κ1) is 12.8. The molecule has 2 unspecified atom stereocenters. The Morgan fingerprint density at radius 2 is 2.25 bits per heavy atom. The van der Waals surface area contributed by atoms with Crippen molar-refractivity contribution in [1.29, 1.82) is 0 Å². The van der Waals surface area contributed by atoms with Crippen molar-refractivity contribution in [3.8, 4) is 5.75 Å². The quantitative estimate of drug-likeness (QED) is 0.767. The van der Waals surface area contributed by atoms with Crippen LogP contribution in [-0.4, -0.2) is 29.4 Å². The molecule has 0 aliphatic rings. The van der Waals surface area contributed by atoms with E-state index < -0.39 is 10.8 Å². The van der Waals surface area contributed by atoms with Gasteiger partial charge in [-0.25, -0.2) is 0 Å². The van der Waals surface area contributed by atoms with E-state index in [9.17, 15) is 4.21 Å². The molecule has 5 heteroatoms. The highest BCUT2D eigenvalue weighted by molar-refractivity contribution is 7.84. The molecule has 3 N–H and O–H groups in total. The number of nitrogens with two attached hydrogens (primary N) is 1. The fourth-order valence-corrected chi connectivity index (χ4v) is 2.25.